The van der Waals surface area contributed by atoms with Gasteiger partial charge in [0.05, 0.1) is 23.9 Å². The molecule has 3 aromatic carbocycles. The number of amides is 1. The Labute approximate surface area is 222 Å². The molecule has 6 aromatic rings. The Bertz CT molecular complexity index is 1820. The third-order valence-corrected chi connectivity index (χ3v) is 6.54. The summed E-state index contributed by atoms with van der Waals surface area (Å²) in [6.07, 6.45) is 3.30. The van der Waals surface area contributed by atoms with Crippen molar-refractivity contribution in [3.05, 3.63) is 131 Å². The first-order chi connectivity index (χ1) is 19.0. The van der Waals surface area contributed by atoms with Crippen LogP contribution in [0, 0.1) is 12.7 Å². The molecule has 0 atom stereocenters. The second-order valence-corrected chi connectivity index (χ2v) is 9.04. The fourth-order valence-corrected chi connectivity index (χ4v) is 4.64. The summed E-state index contributed by atoms with van der Waals surface area (Å²) in [7, 11) is 0. The number of halogens is 1. The second kappa shape index (κ2) is 9.90. The Kier molecular flexibility index (Phi) is 6.13. The average molecular weight is 520 g/mol. The topological polar surface area (TPSA) is 90.3 Å². The van der Waals surface area contributed by atoms with Gasteiger partial charge in [-0.15, -0.1) is 0 Å². The average Bonchev–Trinajstić information content (AvgIpc) is 3.70. The lowest BCUT2D eigenvalue weighted by atomic mass is 9.97. The number of nitrogens with one attached hydrogen (secondary N) is 1. The normalized spacial score (nSPS) is 11.1. The highest BCUT2D eigenvalue weighted by molar-refractivity contribution is 6.19. The van der Waals surface area contributed by atoms with E-state index in [9.17, 15) is 14.0 Å². The number of carbonyl (C=O) groups excluding carboxylic acids is 2. The van der Waals surface area contributed by atoms with E-state index in [1.54, 1.807) is 61.8 Å². The van der Waals surface area contributed by atoms with E-state index in [0.29, 0.717) is 39.1 Å². The maximum atomic E-state index is 14.0. The van der Waals surface area contributed by atoms with Crippen molar-refractivity contribution in [2.75, 3.05) is 0 Å². The number of aryl methyl sites for hydroxylation is 1. The molecule has 6 rings (SSSR count). The maximum Gasteiger partial charge on any atom is 0.251 e. The van der Waals surface area contributed by atoms with Crippen LogP contribution in [0.15, 0.2) is 106 Å². The third-order valence-electron chi connectivity index (χ3n) is 6.54. The number of hydrogen-bond acceptors (Lipinski definition) is 5. The first kappa shape index (κ1) is 24.1. The van der Waals surface area contributed by atoms with Gasteiger partial charge in [0.2, 0.25) is 5.78 Å². The van der Waals surface area contributed by atoms with Crippen LogP contribution >= 0.6 is 0 Å². The van der Waals surface area contributed by atoms with Crippen LogP contribution in [-0.4, -0.2) is 21.4 Å². The van der Waals surface area contributed by atoms with Gasteiger partial charge >= 0.3 is 0 Å². The molecule has 0 saturated carbocycles. The van der Waals surface area contributed by atoms with Crippen molar-refractivity contribution >= 4 is 22.6 Å². The number of rotatable bonds is 7. The van der Waals surface area contributed by atoms with Gasteiger partial charge in [0.15, 0.2) is 0 Å². The molecule has 3 aromatic heterocycles. The fraction of sp³-hybridized carbons (Fsp3) is 0.0645. The molecular weight excluding hydrogens is 497 g/mol. The molecule has 3 heterocycles. The Hall–Kier alpha value is -5.24. The molecule has 0 fully saturated rings. The minimum atomic E-state index is -0.440. The van der Waals surface area contributed by atoms with Crippen molar-refractivity contribution in [3.8, 4) is 16.9 Å². The lowest BCUT2D eigenvalue weighted by Gasteiger charge is -2.07. The Morgan fingerprint density at radius 3 is 2.59 bits per heavy atom. The third kappa shape index (κ3) is 4.53. The molecule has 192 valence electrons. The Balaban J connectivity index is 1.45. The standard InChI is InChI=1S/C31H22FN3O4/c1-19-28(29(34-39-19)20-7-5-8-22(32)15-20)30(36)26-18-35(23-9-3-2-4-10-23)27-16-21(12-13-25(26)27)31(37)33-17-24-11-6-14-38-24/h2-16,18H,17H2,1H3,(H,33,37). The molecule has 1 amide bonds. The minimum absolute atomic E-state index is 0.253. The van der Waals surface area contributed by atoms with Crippen LogP contribution in [0.3, 0.4) is 0 Å². The molecule has 0 aliphatic carbocycles. The largest absolute Gasteiger partial charge is 0.467 e. The predicted octanol–water partition coefficient (Wildman–Crippen LogP) is 6.49. The van der Waals surface area contributed by atoms with Gasteiger partial charge in [-0.05, 0) is 55.5 Å². The molecule has 0 radical (unpaired) electrons. The molecule has 0 spiro atoms. The SMILES string of the molecule is Cc1onc(-c2cccc(F)c2)c1C(=O)c1cn(-c2ccccc2)c2cc(C(=O)NCc3ccco3)ccc12. The monoisotopic (exact) mass is 519 g/mol. The maximum absolute atomic E-state index is 14.0. The second-order valence-electron chi connectivity index (χ2n) is 9.04. The number of ketones is 1. The lowest BCUT2D eigenvalue weighted by molar-refractivity contribution is 0.0947. The molecule has 0 aliphatic rings. The van der Waals surface area contributed by atoms with E-state index in [2.05, 4.69) is 10.5 Å². The molecule has 7 nitrogen and oxygen atoms in total. The summed E-state index contributed by atoms with van der Waals surface area (Å²) in [5, 5.41) is 7.57. The van der Waals surface area contributed by atoms with E-state index in [4.69, 9.17) is 8.94 Å². The Morgan fingerprint density at radius 2 is 1.82 bits per heavy atom. The zero-order valence-corrected chi connectivity index (χ0v) is 20.9. The van der Waals surface area contributed by atoms with Gasteiger partial charge in [-0.25, -0.2) is 4.39 Å². The smallest absolute Gasteiger partial charge is 0.251 e. The first-order valence-corrected chi connectivity index (χ1v) is 12.3. The lowest BCUT2D eigenvalue weighted by Crippen LogP contribution is -2.22. The number of fused-ring (bicyclic) bond motifs is 1. The zero-order valence-electron chi connectivity index (χ0n) is 20.9. The van der Waals surface area contributed by atoms with Crippen LogP contribution in [0.4, 0.5) is 4.39 Å². The number of furan rings is 1. The highest BCUT2D eigenvalue weighted by atomic mass is 19.1. The first-order valence-electron chi connectivity index (χ1n) is 12.3. The number of carbonyl (C=O) groups is 2. The molecule has 0 aliphatic heterocycles. The quantitative estimate of drug-likeness (QED) is 0.244. The summed E-state index contributed by atoms with van der Waals surface area (Å²) in [4.78, 5) is 27.0. The summed E-state index contributed by atoms with van der Waals surface area (Å²) in [5.74, 6) is -0.0602. The van der Waals surface area contributed by atoms with Crippen molar-refractivity contribution in [1.29, 1.82) is 0 Å². The summed E-state index contributed by atoms with van der Waals surface area (Å²) < 4.78 is 26.5. The summed E-state index contributed by atoms with van der Waals surface area (Å²) in [5.41, 5.74) is 3.31. The van der Waals surface area contributed by atoms with E-state index in [1.165, 1.54) is 12.1 Å². The van der Waals surface area contributed by atoms with Gasteiger partial charge < -0.3 is 18.8 Å². The molecule has 0 saturated heterocycles. The number of hydrogen-bond donors (Lipinski definition) is 1. The summed E-state index contributed by atoms with van der Waals surface area (Å²) in [6, 6.07) is 24.1. The number of nitrogens with zero attached hydrogens (tertiary/aromatic N) is 2. The van der Waals surface area contributed by atoms with Crippen molar-refractivity contribution in [1.82, 2.24) is 15.0 Å². The van der Waals surface area contributed by atoms with Gasteiger partial charge in [0.25, 0.3) is 5.91 Å². The van der Waals surface area contributed by atoms with Crippen LogP contribution in [0.2, 0.25) is 0 Å². The highest BCUT2D eigenvalue weighted by Gasteiger charge is 2.26. The van der Waals surface area contributed by atoms with Crippen LogP contribution in [0.5, 0.6) is 0 Å². The van der Waals surface area contributed by atoms with E-state index >= 15 is 0 Å². The van der Waals surface area contributed by atoms with E-state index < -0.39 is 5.82 Å². The zero-order chi connectivity index (χ0) is 26.9. The van der Waals surface area contributed by atoms with E-state index in [0.717, 1.165) is 5.69 Å². The Morgan fingerprint density at radius 1 is 0.974 bits per heavy atom. The fourth-order valence-electron chi connectivity index (χ4n) is 4.64. The molecule has 0 unspecified atom stereocenters. The summed E-state index contributed by atoms with van der Waals surface area (Å²) in [6.45, 7) is 1.91. The van der Waals surface area contributed by atoms with Crippen molar-refractivity contribution in [2.24, 2.45) is 0 Å². The van der Waals surface area contributed by atoms with Gasteiger partial charge in [-0.2, -0.15) is 0 Å². The van der Waals surface area contributed by atoms with Gasteiger partial charge in [-0.3, -0.25) is 9.59 Å². The number of para-hydroxylation sites is 1. The van der Waals surface area contributed by atoms with Gasteiger partial charge in [0.1, 0.15) is 23.0 Å². The predicted molar refractivity (Wildman–Crippen MR) is 143 cm³/mol. The minimum Gasteiger partial charge on any atom is -0.467 e. The van der Waals surface area contributed by atoms with Crippen molar-refractivity contribution < 1.29 is 22.9 Å². The van der Waals surface area contributed by atoms with Crippen LogP contribution in [-0.2, 0) is 6.54 Å². The molecule has 8 heteroatoms. The van der Waals surface area contributed by atoms with Gasteiger partial charge in [0, 0.05) is 34.0 Å². The van der Waals surface area contributed by atoms with Gasteiger partial charge in [-0.1, -0.05) is 41.6 Å². The summed E-state index contributed by atoms with van der Waals surface area (Å²) >= 11 is 0. The molecule has 0 bridgehead atoms. The highest BCUT2D eigenvalue weighted by Crippen LogP contribution is 2.32. The van der Waals surface area contributed by atoms with Crippen LogP contribution in [0.1, 0.15) is 37.8 Å². The molecular formula is C31H22FN3O4. The van der Waals surface area contributed by atoms with Crippen molar-refractivity contribution in [2.45, 2.75) is 13.5 Å². The van der Waals surface area contributed by atoms with Crippen molar-refractivity contribution in [3.63, 3.8) is 0 Å². The number of aromatic nitrogens is 2. The molecule has 39 heavy (non-hydrogen) atoms. The van der Waals surface area contributed by atoms with E-state index in [1.807, 2.05) is 34.9 Å². The van der Waals surface area contributed by atoms with Crippen LogP contribution in [0.25, 0.3) is 27.8 Å². The molecule has 1 N–H and O–H groups in total. The number of benzene rings is 3. The van der Waals surface area contributed by atoms with E-state index in [-0.39, 0.29) is 29.5 Å². The van der Waals surface area contributed by atoms with Crippen LogP contribution < -0.4 is 5.32 Å².